The Morgan fingerprint density at radius 2 is 2.00 bits per heavy atom. The summed E-state index contributed by atoms with van der Waals surface area (Å²) in [5.41, 5.74) is 6.46. The smallest absolute Gasteiger partial charge is 0.0556 e. The summed E-state index contributed by atoms with van der Waals surface area (Å²) in [7, 11) is 0. The zero-order valence-electron chi connectivity index (χ0n) is 14.3. The molecule has 0 amide bonds. The van der Waals surface area contributed by atoms with Crippen LogP contribution in [0.15, 0.2) is 4.99 Å². The fourth-order valence-corrected chi connectivity index (χ4v) is 4.75. The van der Waals surface area contributed by atoms with E-state index in [0.29, 0.717) is 12.0 Å². The molecule has 3 heterocycles. The Kier molecular flexibility index (Phi) is 5.89. The molecule has 0 aromatic heterocycles. The molecule has 126 valence electrons. The van der Waals surface area contributed by atoms with Crippen molar-refractivity contribution in [3.8, 4) is 0 Å². The van der Waals surface area contributed by atoms with E-state index < -0.39 is 0 Å². The molecule has 2 N–H and O–H groups in total. The van der Waals surface area contributed by atoms with Crippen LogP contribution in [0.4, 0.5) is 0 Å². The van der Waals surface area contributed by atoms with Gasteiger partial charge in [0.25, 0.3) is 0 Å². The monoisotopic (exact) mass is 306 g/mol. The van der Waals surface area contributed by atoms with Crippen LogP contribution < -0.4 is 5.73 Å². The summed E-state index contributed by atoms with van der Waals surface area (Å²) >= 11 is 0. The second kappa shape index (κ2) is 7.89. The van der Waals surface area contributed by atoms with Crippen LogP contribution in [0.25, 0.3) is 0 Å². The van der Waals surface area contributed by atoms with E-state index >= 15 is 0 Å². The largest absolute Gasteiger partial charge is 0.322 e. The van der Waals surface area contributed by atoms with E-state index in [1.54, 1.807) is 0 Å². The number of unbranched alkanes of at least 4 members (excludes halogenated alkanes) is 3. The number of piperazine rings is 1. The molecular formula is C18H34N4. The van der Waals surface area contributed by atoms with Gasteiger partial charge in [0.2, 0.25) is 0 Å². The van der Waals surface area contributed by atoms with Gasteiger partial charge in [-0.25, -0.2) is 0 Å². The maximum Gasteiger partial charge on any atom is 0.0556 e. The lowest BCUT2D eigenvalue weighted by Gasteiger charge is -2.46. The second-order valence-corrected chi connectivity index (χ2v) is 7.52. The Bertz CT molecular complexity index is 370. The molecule has 4 atom stereocenters. The van der Waals surface area contributed by atoms with Crippen molar-refractivity contribution in [1.82, 2.24) is 9.80 Å². The fraction of sp³-hybridized carbons (Fsp3) is 0.944. The molecule has 0 aromatic rings. The van der Waals surface area contributed by atoms with Gasteiger partial charge in [0.15, 0.2) is 0 Å². The van der Waals surface area contributed by atoms with Crippen molar-refractivity contribution in [2.45, 2.75) is 70.0 Å². The van der Waals surface area contributed by atoms with Crippen molar-refractivity contribution in [3.63, 3.8) is 0 Å². The maximum atomic E-state index is 6.46. The van der Waals surface area contributed by atoms with Crippen molar-refractivity contribution in [2.24, 2.45) is 16.6 Å². The lowest BCUT2D eigenvalue weighted by molar-refractivity contribution is 0.0427. The highest BCUT2D eigenvalue weighted by Gasteiger charge is 2.39. The van der Waals surface area contributed by atoms with Gasteiger partial charge < -0.3 is 5.73 Å². The molecule has 0 spiro atoms. The first-order valence-corrected chi connectivity index (χ1v) is 9.53. The molecule has 3 unspecified atom stereocenters. The summed E-state index contributed by atoms with van der Waals surface area (Å²) < 4.78 is 0. The first kappa shape index (κ1) is 16.4. The third kappa shape index (κ3) is 3.72. The summed E-state index contributed by atoms with van der Waals surface area (Å²) in [6.45, 7) is 8.27. The third-order valence-electron chi connectivity index (χ3n) is 5.96. The average Bonchev–Trinajstić information content (AvgIpc) is 2.99. The number of fused-ring (bicyclic) bond motifs is 1. The van der Waals surface area contributed by atoms with Gasteiger partial charge >= 0.3 is 0 Å². The molecule has 3 rings (SSSR count). The normalized spacial score (nSPS) is 36.6. The molecule has 0 radical (unpaired) electrons. The minimum Gasteiger partial charge on any atom is -0.322 e. The molecule has 3 aliphatic heterocycles. The SMILES string of the molecule is CCCCCCC1CN=CC(N)C1N1CCN2CCC[C@H]2C1. The van der Waals surface area contributed by atoms with Crippen LogP contribution in [0, 0.1) is 5.92 Å². The van der Waals surface area contributed by atoms with E-state index in [0.717, 1.165) is 12.6 Å². The number of hydrogen-bond acceptors (Lipinski definition) is 4. The molecular weight excluding hydrogens is 272 g/mol. The number of aliphatic imine (C=N–C) groups is 1. The molecule has 3 aliphatic rings. The van der Waals surface area contributed by atoms with E-state index in [2.05, 4.69) is 21.7 Å². The number of nitrogens with two attached hydrogens (primary N) is 1. The number of hydrogen-bond donors (Lipinski definition) is 1. The zero-order valence-corrected chi connectivity index (χ0v) is 14.3. The first-order valence-electron chi connectivity index (χ1n) is 9.53. The molecule has 22 heavy (non-hydrogen) atoms. The minimum atomic E-state index is 0.137. The van der Waals surface area contributed by atoms with E-state index in [1.165, 1.54) is 71.1 Å². The zero-order chi connectivity index (χ0) is 15.4. The van der Waals surface area contributed by atoms with Crippen LogP contribution in [-0.4, -0.2) is 66.9 Å². The van der Waals surface area contributed by atoms with Gasteiger partial charge in [-0.15, -0.1) is 0 Å². The lowest BCUT2D eigenvalue weighted by Crippen LogP contribution is -2.61. The highest BCUT2D eigenvalue weighted by molar-refractivity contribution is 5.66. The number of rotatable bonds is 6. The summed E-state index contributed by atoms with van der Waals surface area (Å²) in [6.07, 6.45) is 11.5. The highest BCUT2D eigenvalue weighted by atomic mass is 15.3. The Balaban J connectivity index is 1.59. The summed E-state index contributed by atoms with van der Waals surface area (Å²) in [5.74, 6) is 0.671. The number of nitrogens with zero attached hydrogens (tertiary/aromatic N) is 3. The Labute approximate surface area is 136 Å². The highest BCUT2D eigenvalue weighted by Crippen LogP contribution is 2.28. The van der Waals surface area contributed by atoms with Crippen molar-refractivity contribution < 1.29 is 0 Å². The van der Waals surface area contributed by atoms with Gasteiger partial charge in [0.05, 0.1) is 6.04 Å². The van der Waals surface area contributed by atoms with Gasteiger partial charge in [-0.3, -0.25) is 14.8 Å². The molecule has 0 saturated carbocycles. The van der Waals surface area contributed by atoms with Gasteiger partial charge in [0, 0.05) is 44.5 Å². The van der Waals surface area contributed by atoms with Crippen LogP contribution in [0.2, 0.25) is 0 Å². The third-order valence-corrected chi connectivity index (χ3v) is 5.96. The van der Waals surface area contributed by atoms with Crippen LogP contribution >= 0.6 is 0 Å². The quantitative estimate of drug-likeness (QED) is 0.765. The predicted octanol–water partition coefficient (Wildman–Crippen LogP) is 2.13. The second-order valence-electron chi connectivity index (χ2n) is 7.52. The van der Waals surface area contributed by atoms with E-state index in [1.807, 2.05) is 6.21 Å². The first-order chi connectivity index (χ1) is 10.8. The van der Waals surface area contributed by atoms with Crippen molar-refractivity contribution in [2.75, 3.05) is 32.7 Å². The Morgan fingerprint density at radius 1 is 1.14 bits per heavy atom. The molecule has 4 heteroatoms. The average molecular weight is 306 g/mol. The van der Waals surface area contributed by atoms with Crippen molar-refractivity contribution >= 4 is 6.21 Å². The molecule has 4 nitrogen and oxygen atoms in total. The minimum absolute atomic E-state index is 0.137. The topological polar surface area (TPSA) is 44.9 Å². The maximum absolute atomic E-state index is 6.46. The summed E-state index contributed by atoms with van der Waals surface area (Å²) in [5, 5.41) is 0. The van der Waals surface area contributed by atoms with Crippen LogP contribution in [0.3, 0.4) is 0 Å². The lowest BCUT2D eigenvalue weighted by atomic mass is 9.85. The molecule has 0 bridgehead atoms. The van der Waals surface area contributed by atoms with Gasteiger partial charge in [-0.05, 0) is 31.7 Å². The van der Waals surface area contributed by atoms with E-state index in [4.69, 9.17) is 5.73 Å². The summed E-state index contributed by atoms with van der Waals surface area (Å²) in [6, 6.07) is 1.46. The van der Waals surface area contributed by atoms with Gasteiger partial charge in [0.1, 0.15) is 0 Å². The van der Waals surface area contributed by atoms with Crippen LogP contribution in [0.5, 0.6) is 0 Å². The van der Waals surface area contributed by atoms with Crippen molar-refractivity contribution in [3.05, 3.63) is 0 Å². The molecule has 2 saturated heterocycles. The van der Waals surface area contributed by atoms with Gasteiger partial charge in [-0.1, -0.05) is 32.6 Å². The van der Waals surface area contributed by atoms with Crippen LogP contribution in [0.1, 0.15) is 51.9 Å². The van der Waals surface area contributed by atoms with Crippen molar-refractivity contribution in [1.29, 1.82) is 0 Å². The Hall–Kier alpha value is -0.450. The Morgan fingerprint density at radius 3 is 2.86 bits per heavy atom. The molecule has 0 aliphatic carbocycles. The van der Waals surface area contributed by atoms with E-state index in [-0.39, 0.29) is 6.04 Å². The summed E-state index contributed by atoms with van der Waals surface area (Å²) in [4.78, 5) is 9.97. The van der Waals surface area contributed by atoms with Crippen LogP contribution in [-0.2, 0) is 0 Å². The fourth-order valence-electron chi connectivity index (χ4n) is 4.75. The van der Waals surface area contributed by atoms with Gasteiger partial charge in [-0.2, -0.15) is 0 Å². The molecule has 0 aromatic carbocycles. The van der Waals surface area contributed by atoms with E-state index in [9.17, 15) is 0 Å². The molecule has 2 fully saturated rings. The predicted molar refractivity (Wildman–Crippen MR) is 93.5 cm³/mol. The standard InChI is InChI=1S/C18H34N4/c1-2-3-4-5-7-15-12-20-13-17(19)18(15)22-11-10-21-9-6-8-16(21)14-22/h13,15-18H,2-12,14,19H2,1H3/t15?,16-,17?,18?/m0/s1.